The summed E-state index contributed by atoms with van der Waals surface area (Å²) in [6.45, 7) is 7.07. The lowest BCUT2D eigenvalue weighted by atomic mass is 9.94. The van der Waals surface area contributed by atoms with Gasteiger partial charge in [0.1, 0.15) is 5.76 Å². The Balaban J connectivity index is 1.35. The van der Waals surface area contributed by atoms with Gasteiger partial charge >= 0.3 is 0 Å². The molecule has 4 rings (SSSR count). The fourth-order valence-electron chi connectivity index (χ4n) is 4.54. The molecule has 25 heavy (non-hydrogen) atoms. The minimum Gasteiger partial charge on any atom is -0.468 e. The molecule has 0 spiro atoms. The van der Waals surface area contributed by atoms with Gasteiger partial charge in [-0.1, -0.05) is 0 Å². The molecule has 6 heteroatoms. The van der Waals surface area contributed by atoms with E-state index in [1.54, 1.807) is 6.26 Å². The molecule has 4 heterocycles. The van der Waals surface area contributed by atoms with Crippen LogP contribution in [0.1, 0.15) is 18.6 Å². The van der Waals surface area contributed by atoms with Gasteiger partial charge < -0.3 is 19.0 Å². The molecule has 3 aliphatic heterocycles. The Kier molecular flexibility index (Phi) is 5.10. The zero-order valence-corrected chi connectivity index (χ0v) is 15.1. The van der Waals surface area contributed by atoms with E-state index < -0.39 is 0 Å². The Morgan fingerprint density at radius 3 is 2.80 bits per heavy atom. The highest BCUT2D eigenvalue weighted by molar-refractivity contribution is 5.79. The molecule has 3 saturated heterocycles. The van der Waals surface area contributed by atoms with Crippen LogP contribution in [0.2, 0.25) is 0 Å². The van der Waals surface area contributed by atoms with E-state index >= 15 is 0 Å². The van der Waals surface area contributed by atoms with E-state index in [1.807, 2.05) is 12.1 Å². The summed E-state index contributed by atoms with van der Waals surface area (Å²) in [6, 6.07) is 4.17. The number of piperidine rings is 1. The van der Waals surface area contributed by atoms with Gasteiger partial charge in [0.25, 0.3) is 0 Å². The zero-order chi connectivity index (χ0) is 17.2. The van der Waals surface area contributed by atoms with Crippen molar-refractivity contribution in [3.05, 3.63) is 24.2 Å². The van der Waals surface area contributed by atoms with Crippen molar-refractivity contribution < 1.29 is 13.9 Å². The number of ether oxygens (including phenoxy) is 1. The summed E-state index contributed by atoms with van der Waals surface area (Å²) in [6.07, 6.45) is 3.62. The second kappa shape index (κ2) is 7.48. The molecular weight excluding hydrogens is 318 g/mol. The van der Waals surface area contributed by atoms with Crippen molar-refractivity contribution in [1.29, 1.82) is 0 Å². The predicted molar refractivity (Wildman–Crippen MR) is 94.0 cm³/mol. The van der Waals surface area contributed by atoms with Crippen molar-refractivity contribution in [2.45, 2.75) is 25.4 Å². The summed E-state index contributed by atoms with van der Waals surface area (Å²) in [5.41, 5.74) is 0. The summed E-state index contributed by atoms with van der Waals surface area (Å²) in [4.78, 5) is 20.1. The summed E-state index contributed by atoms with van der Waals surface area (Å²) in [5.74, 6) is 1.97. The molecule has 138 valence electrons. The van der Waals surface area contributed by atoms with Crippen molar-refractivity contribution in [2.75, 3.05) is 53.0 Å². The molecule has 0 radical (unpaired) electrons. The van der Waals surface area contributed by atoms with E-state index in [0.29, 0.717) is 18.4 Å². The number of hydrogen-bond donors (Lipinski definition) is 0. The molecule has 1 aromatic rings. The van der Waals surface area contributed by atoms with Crippen LogP contribution in [0.5, 0.6) is 0 Å². The Hall–Kier alpha value is -1.37. The van der Waals surface area contributed by atoms with Crippen LogP contribution in [-0.2, 0) is 16.1 Å². The molecule has 3 fully saturated rings. The Morgan fingerprint density at radius 1 is 1.20 bits per heavy atom. The first-order valence-electron chi connectivity index (χ1n) is 9.50. The quantitative estimate of drug-likeness (QED) is 0.824. The van der Waals surface area contributed by atoms with Crippen LogP contribution in [0.3, 0.4) is 0 Å². The zero-order valence-electron chi connectivity index (χ0n) is 15.1. The third kappa shape index (κ3) is 3.91. The lowest BCUT2D eigenvalue weighted by Gasteiger charge is -2.36. The molecule has 0 aliphatic carbocycles. The van der Waals surface area contributed by atoms with Gasteiger partial charge in [-0.3, -0.25) is 9.69 Å². The fourth-order valence-corrected chi connectivity index (χ4v) is 4.54. The minimum atomic E-state index is 0.164. The van der Waals surface area contributed by atoms with E-state index in [4.69, 9.17) is 9.15 Å². The van der Waals surface area contributed by atoms with E-state index in [0.717, 1.165) is 64.5 Å². The number of rotatable bonds is 3. The fraction of sp³-hybridized carbons (Fsp3) is 0.737. The van der Waals surface area contributed by atoms with Gasteiger partial charge in [-0.25, -0.2) is 0 Å². The van der Waals surface area contributed by atoms with Crippen molar-refractivity contribution in [2.24, 2.45) is 11.8 Å². The molecule has 1 aromatic heterocycles. The largest absolute Gasteiger partial charge is 0.468 e. The third-order valence-electron chi connectivity index (χ3n) is 5.83. The standard InChI is InChI=1S/C19H29N3O3/c1-20-9-15-10-22(17(11-20)14-24-13-15)19(23)16-4-6-21(7-5-16)12-18-3-2-8-25-18/h2-3,8,15-17H,4-7,9-14H2,1H3/t15-,17-/m0/s1. The molecular formula is C19H29N3O3. The van der Waals surface area contributed by atoms with Crippen molar-refractivity contribution >= 4 is 5.91 Å². The first-order valence-corrected chi connectivity index (χ1v) is 9.50. The summed E-state index contributed by atoms with van der Waals surface area (Å²) in [7, 11) is 2.16. The molecule has 0 N–H and O–H groups in total. The normalized spacial score (nSPS) is 29.6. The summed E-state index contributed by atoms with van der Waals surface area (Å²) < 4.78 is 11.3. The lowest BCUT2D eigenvalue weighted by molar-refractivity contribution is -0.140. The maximum Gasteiger partial charge on any atom is 0.226 e. The molecule has 0 unspecified atom stereocenters. The Bertz CT molecular complexity index is 568. The number of fused-ring (bicyclic) bond motifs is 3. The van der Waals surface area contributed by atoms with Gasteiger partial charge in [0.15, 0.2) is 0 Å². The molecule has 0 aromatic carbocycles. The molecule has 1 amide bonds. The number of amides is 1. The Morgan fingerprint density at radius 2 is 2.04 bits per heavy atom. The summed E-state index contributed by atoms with van der Waals surface area (Å²) in [5, 5.41) is 0. The maximum atomic E-state index is 13.2. The van der Waals surface area contributed by atoms with Crippen LogP contribution < -0.4 is 0 Å². The van der Waals surface area contributed by atoms with E-state index in [1.165, 1.54) is 0 Å². The number of hydrogen-bond acceptors (Lipinski definition) is 5. The number of nitrogens with zero attached hydrogens (tertiary/aromatic N) is 3. The highest BCUT2D eigenvalue weighted by atomic mass is 16.5. The number of furan rings is 1. The van der Waals surface area contributed by atoms with E-state index in [-0.39, 0.29) is 12.0 Å². The van der Waals surface area contributed by atoms with Crippen LogP contribution >= 0.6 is 0 Å². The SMILES string of the molecule is CN1C[C@@H]2COC[C@H](C1)N(C(=O)C1CCN(Cc3ccco3)CC1)C2. The van der Waals surface area contributed by atoms with Crippen LogP contribution in [0, 0.1) is 11.8 Å². The first kappa shape index (κ1) is 17.1. The smallest absolute Gasteiger partial charge is 0.226 e. The third-order valence-corrected chi connectivity index (χ3v) is 5.83. The number of likely N-dealkylation sites (tertiary alicyclic amines) is 1. The van der Waals surface area contributed by atoms with E-state index in [2.05, 4.69) is 21.7 Å². The van der Waals surface area contributed by atoms with Crippen LogP contribution in [-0.4, -0.2) is 79.6 Å². The van der Waals surface area contributed by atoms with Crippen molar-refractivity contribution in [3.8, 4) is 0 Å². The number of carbonyl (C=O) groups is 1. The molecule has 0 saturated carbocycles. The first-order chi connectivity index (χ1) is 12.2. The highest BCUT2D eigenvalue weighted by Gasteiger charge is 2.38. The molecule has 2 atom stereocenters. The Labute approximate surface area is 149 Å². The predicted octanol–water partition coefficient (Wildman–Crippen LogP) is 1.28. The van der Waals surface area contributed by atoms with Crippen molar-refractivity contribution in [1.82, 2.24) is 14.7 Å². The van der Waals surface area contributed by atoms with Gasteiger partial charge in [0.05, 0.1) is 32.1 Å². The van der Waals surface area contributed by atoms with Crippen molar-refractivity contribution in [3.63, 3.8) is 0 Å². The van der Waals surface area contributed by atoms with E-state index in [9.17, 15) is 4.79 Å². The lowest BCUT2D eigenvalue weighted by Crippen LogP contribution is -2.50. The second-order valence-electron chi connectivity index (χ2n) is 7.90. The maximum absolute atomic E-state index is 13.2. The van der Waals surface area contributed by atoms with Gasteiger partial charge in [-0.05, 0) is 45.1 Å². The number of likely N-dealkylation sites (N-methyl/N-ethyl adjacent to an activating group) is 1. The van der Waals surface area contributed by atoms with Crippen LogP contribution in [0.25, 0.3) is 0 Å². The summed E-state index contributed by atoms with van der Waals surface area (Å²) >= 11 is 0. The van der Waals surface area contributed by atoms with Crippen LogP contribution in [0.15, 0.2) is 22.8 Å². The highest BCUT2D eigenvalue weighted by Crippen LogP contribution is 2.26. The average Bonchev–Trinajstić information content (AvgIpc) is 2.95. The number of carbonyl (C=O) groups excluding carboxylic acids is 1. The molecule has 2 bridgehead atoms. The van der Waals surface area contributed by atoms with Gasteiger partial charge in [-0.15, -0.1) is 0 Å². The second-order valence-corrected chi connectivity index (χ2v) is 7.90. The van der Waals surface area contributed by atoms with Gasteiger partial charge in [0, 0.05) is 31.5 Å². The molecule has 3 aliphatic rings. The monoisotopic (exact) mass is 347 g/mol. The topological polar surface area (TPSA) is 49.2 Å². The van der Waals surface area contributed by atoms with Gasteiger partial charge in [-0.2, -0.15) is 0 Å². The minimum absolute atomic E-state index is 0.164. The molecule has 6 nitrogen and oxygen atoms in total. The van der Waals surface area contributed by atoms with Gasteiger partial charge in [0.2, 0.25) is 5.91 Å². The van der Waals surface area contributed by atoms with Crippen LogP contribution in [0.4, 0.5) is 0 Å². The average molecular weight is 347 g/mol.